The standard InChI is InChI=1S/C11H10N2O4/c1-2-17-11(14)10-9-7(6-12-10)4-3-5-8(9)13(15)16/h3-6,12H,2H2,1H3. The lowest BCUT2D eigenvalue weighted by Crippen LogP contribution is -2.06. The molecule has 0 aliphatic heterocycles. The fraction of sp³-hybridized carbons (Fsp3) is 0.182. The number of fused-ring (bicyclic) bond motifs is 1. The molecule has 0 saturated carbocycles. The number of esters is 1. The van der Waals surface area contributed by atoms with E-state index in [1.807, 2.05) is 0 Å². The zero-order valence-electron chi connectivity index (χ0n) is 9.10. The minimum Gasteiger partial charge on any atom is -0.461 e. The number of nitrogens with zero attached hydrogens (tertiary/aromatic N) is 1. The normalized spacial score (nSPS) is 10.4. The molecule has 0 amide bonds. The van der Waals surface area contributed by atoms with Gasteiger partial charge >= 0.3 is 5.97 Å². The summed E-state index contributed by atoms with van der Waals surface area (Å²) >= 11 is 0. The van der Waals surface area contributed by atoms with Crippen LogP contribution in [0, 0.1) is 10.1 Å². The van der Waals surface area contributed by atoms with Gasteiger partial charge in [-0.2, -0.15) is 0 Å². The van der Waals surface area contributed by atoms with Gasteiger partial charge < -0.3 is 9.72 Å². The molecule has 0 bridgehead atoms. The smallest absolute Gasteiger partial charge is 0.355 e. The molecule has 0 radical (unpaired) electrons. The van der Waals surface area contributed by atoms with E-state index in [-0.39, 0.29) is 23.4 Å². The molecule has 2 aromatic rings. The highest BCUT2D eigenvalue weighted by atomic mass is 16.6. The van der Waals surface area contributed by atoms with Crippen LogP contribution in [0.15, 0.2) is 24.4 Å². The number of hydrogen-bond acceptors (Lipinski definition) is 4. The molecule has 1 aromatic heterocycles. The van der Waals surface area contributed by atoms with E-state index in [9.17, 15) is 14.9 Å². The quantitative estimate of drug-likeness (QED) is 0.501. The van der Waals surface area contributed by atoms with Crippen LogP contribution < -0.4 is 0 Å². The van der Waals surface area contributed by atoms with Crippen molar-refractivity contribution in [2.45, 2.75) is 6.92 Å². The van der Waals surface area contributed by atoms with E-state index in [0.29, 0.717) is 5.39 Å². The van der Waals surface area contributed by atoms with Crippen LogP contribution in [0.5, 0.6) is 0 Å². The minimum absolute atomic E-state index is 0.105. The van der Waals surface area contributed by atoms with Crippen molar-refractivity contribution in [3.8, 4) is 0 Å². The fourth-order valence-electron chi connectivity index (χ4n) is 1.69. The van der Waals surface area contributed by atoms with Crippen molar-refractivity contribution >= 4 is 22.4 Å². The summed E-state index contributed by atoms with van der Waals surface area (Å²) in [7, 11) is 0. The molecule has 6 nitrogen and oxygen atoms in total. The molecule has 2 rings (SSSR count). The highest BCUT2D eigenvalue weighted by Gasteiger charge is 2.21. The van der Waals surface area contributed by atoms with E-state index >= 15 is 0 Å². The van der Waals surface area contributed by atoms with Crippen molar-refractivity contribution in [2.75, 3.05) is 6.61 Å². The summed E-state index contributed by atoms with van der Waals surface area (Å²) in [5.74, 6) is -0.586. The largest absolute Gasteiger partial charge is 0.461 e. The van der Waals surface area contributed by atoms with E-state index in [2.05, 4.69) is 4.98 Å². The lowest BCUT2D eigenvalue weighted by Gasteiger charge is -2.00. The van der Waals surface area contributed by atoms with Gasteiger partial charge in [0.2, 0.25) is 0 Å². The first-order chi connectivity index (χ1) is 8.15. The number of rotatable bonds is 3. The van der Waals surface area contributed by atoms with Gasteiger partial charge in [-0.1, -0.05) is 12.1 Å². The maximum atomic E-state index is 11.6. The van der Waals surface area contributed by atoms with Gasteiger partial charge in [0, 0.05) is 17.6 Å². The van der Waals surface area contributed by atoms with Gasteiger partial charge in [-0.05, 0) is 6.92 Å². The second-order valence-corrected chi connectivity index (χ2v) is 3.38. The molecular weight excluding hydrogens is 224 g/mol. The summed E-state index contributed by atoms with van der Waals surface area (Å²) in [5.41, 5.74) is 0.0148. The lowest BCUT2D eigenvalue weighted by molar-refractivity contribution is -0.383. The van der Waals surface area contributed by atoms with E-state index in [1.165, 1.54) is 6.07 Å². The summed E-state index contributed by atoms with van der Waals surface area (Å²) < 4.78 is 4.84. The number of carbonyl (C=O) groups excluding carboxylic acids is 1. The topological polar surface area (TPSA) is 85.2 Å². The number of benzene rings is 1. The van der Waals surface area contributed by atoms with Crippen molar-refractivity contribution < 1.29 is 14.5 Å². The molecule has 1 N–H and O–H groups in total. The first-order valence-electron chi connectivity index (χ1n) is 5.06. The number of aromatic amines is 1. The number of nitro groups is 1. The van der Waals surface area contributed by atoms with Crippen molar-refractivity contribution in [3.05, 3.63) is 40.2 Å². The van der Waals surface area contributed by atoms with E-state index in [4.69, 9.17) is 4.74 Å². The first kappa shape index (κ1) is 11.1. The Labute approximate surface area is 96.3 Å². The fourth-order valence-corrected chi connectivity index (χ4v) is 1.69. The van der Waals surface area contributed by atoms with Crippen LogP contribution in [0.2, 0.25) is 0 Å². The molecule has 1 aromatic carbocycles. The number of hydrogen-bond donors (Lipinski definition) is 1. The highest BCUT2D eigenvalue weighted by molar-refractivity contribution is 6.07. The monoisotopic (exact) mass is 234 g/mol. The predicted molar refractivity (Wildman–Crippen MR) is 60.9 cm³/mol. The third kappa shape index (κ3) is 1.84. The van der Waals surface area contributed by atoms with Gasteiger partial charge in [-0.3, -0.25) is 10.1 Å². The maximum absolute atomic E-state index is 11.6. The highest BCUT2D eigenvalue weighted by Crippen LogP contribution is 2.28. The van der Waals surface area contributed by atoms with Crippen LogP contribution in [-0.4, -0.2) is 22.5 Å². The summed E-state index contributed by atoms with van der Waals surface area (Å²) in [6, 6.07) is 4.63. The Hall–Kier alpha value is -2.37. The van der Waals surface area contributed by atoms with Crippen LogP contribution in [0.4, 0.5) is 5.69 Å². The molecule has 0 fully saturated rings. The Morgan fingerprint density at radius 1 is 1.53 bits per heavy atom. The number of nitrogens with one attached hydrogen (secondary N) is 1. The number of non-ortho nitro benzene ring substituents is 1. The summed E-state index contributed by atoms with van der Waals surface area (Å²) in [4.78, 5) is 24.7. The average Bonchev–Trinajstić information content (AvgIpc) is 2.72. The van der Waals surface area contributed by atoms with Crippen LogP contribution >= 0.6 is 0 Å². The van der Waals surface area contributed by atoms with Crippen LogP contribution in [0.25, 0.3) is 10.8 Å². The molecule has 0 spiro atoms. The predicted octanol–water partition coefficient (Wildman–Crippen LogP) is 2.25. The molecule has 17 heavy (non-hydrogen) atoms. The van der Waals surface area contributed by atoms with Crippen molar-refractivity contribution in [1.82, 2.24) is 4.98 Å². The first-order valence-corrected chi connectivity index (χ1v) is 5.06. The van der Waals surface area contributed by atoms with Gasteiger partial charge in [0.25, 0.3) is 5.69 Å². The van der Waals surface area contributed by atoms with Crippen molar-refractivity contribution in [2.24, 2.45) is 0 Å². The Morgan fingerprint density at radius 2 is 2.29 bits per heavy atom. The maximum Gasteiger partial charge on any atom is 0.355 e. The van der Waals surface area contributed by atoms with E-state index < -0.39 is 10.9 Å². The molecule has 1 heterocycles. The van der Waals surface area contributed by atoms with Gasteiger partial charge in [-0.15, -0.1) is 0 Å². The number of ether oxygens (including phenoxy) is 1. The van der Waals surface area contributed by atoms with Crippen LogP contribution in [-0.2, 0) is 4.74 Å². The second kappa shape index (κ2) is 4.25. The summed E-state index contributed by atoms with van der Waals surface area (Å²) in [6.45, 7) is 1.90. The van der Waals surface area contributed by atoms with Gasteiger partial charge in [0.15, 0.2) is 0 Å². The van der Waals surface area contributed by atoms with E-state index in [0.717, 1.165) is 0 Å². The molecule has 88 valence electrons. The minimum atomic E-state index is -0.586. The Morgan fingerprint density at radius 3 is 2.94 bits per heavy atom. The molecular formula is C11H10N2O4. The Balaban J connectivity index is 2.65. The van der Waals surface area contributed by atoms with Gasteiger partial charge in [0.05, 0.1) is 16.9 Å². The third-order valence-electron chi connectivity index (χ3n) is 2.37. The van der Waals surface area contributed by atoms with Gasteiger partial charge in [0.1, 0.15) is 5.69 Å². The lowest BCUT2D eigenvalue weighted by atomic mass is 10.1. The van der Waals surface area contributed by atoms with Crippen molar-refractivity contribution in [1.29, 1.82) is 0 Å². The SMILES string of the molecule is CCOC(=O)c1[nH]cc2cccc([N+](=O)[O-])c12. The molecule has 0 unspecified atom stereocenters. The Kier molecular flexibility index (Phi) is 2.78. The molecule has 0 saturated heterocycles. The van der Waals surface area contributed by atoms with Crippen LogP contribution in [0.3, 0.4) is 0 Å². The zero-order chi connectivity index (χ0) is 12.4. The Bertz CT molecular complexity index is 588. The van der Waals surface area contributed by atoms with E-state index in [1.54, 1.807) is 25.3 Å². The summed E-state index contributed by atoms with van der Waals surface area (Å²) in [6.07, 6.45) is 1.55. The molecule has 6 heteroatoms. The van der Waals surface area contributed by atoms with Crippen LogP contribution in [0.1, 0.15) is 17.4 Å². The van der Waals surface area contributed by atoms with Crippen molar-refractivity contribution in [3.63, 3.8) is 0 Å². The zero-order valence-corrected chi connectivity index (χ0v) is 9.10. The molecule has 0 atom stereocenters. The number of H-pyrrole nitrogens is 1. The molecule has 0 aliphatic rings. The molecule has 0 aliphatic carbocycles. The number of carbonyl (C=O) groups is 1. The number of nitro benzene ring substituents is 1. The average molecular weight is 234 g/mol. The van der Waals surface area contributed by atoms with Gasteiger partial charge in [-0.25, -0.2) is 4.79 Å². The summed E-state index contributed by atoms with van der Waals surface area (Å²) in [5, 5.41) is 11.8. The second-order valence-electron chi connectivity index (χ2n) is 3.38. The third-order valence-corrected chi connectivity index (χ3v) is 2.37. The number of aromatic nitrogens is 1.